The van der Waals surface area contributed by atoms with Crippen molar-refractivity contribution in [2.45, 2.75) is 69.6 Å². The summed E-state index contributed by atoms with van der Waals surface area (Å²) in [6.07, 6.45) is 1.97. The number of carbonyl (C=O) groups excluding carboxylic acids is 1. The molecule has 4 rings (SSSR count). The summed E-state index contributed by atoms with van der Waals surface area (Å²) in [5.41, 5.74) is 1.33. The number of aliphatic hydroxyl groups is 1. The van der Waals surface area contributed by atoms with Crippen LogP contribution in [0.25, 0.3) is 0 Å². The summed E-state index contributed by atoms with van der Waals surface area (Å²) < 4.78 is 22.7. The highest BCUT2D eigenvalue weighted by Gasteiger charge is 2.43. The average Bonchev–Trinajstić information content (AvgIpc) is 2.98. The molecule has 0 radical (unpaired) electrons. The van der Waals surface area contributed by atoms with Gasteiger partial charge in [0.05, 0.1) is 5.60 Å². The molecule has 0 spiro atoms. The van der Waals surface area contributed by atoms with Crippen molar-refractivity contribution >= 4 is 43.4 Å². The van der Waals surface area contributed by atoms with E-state index in [2.05, 4.69) is 68.4 Å². The molecule has 0 saturated carbocycles. The molecule has 1 aliphatic rings. The molecule has 46 heavy (non-hydrogen) atoms. The van der Waals surface area contributed by atoms with Crippen molar-refractivity contribution in [2.24, 2.45) is 0 Å². The van der Waals surface area contributed by atoms with E-state index >= 15 is 0 Å². The zero-order valence-electron chi connectivity index (χ0n) is 28.7. The molecule has 1 heterocycles. The first-order chi connectivity index (χ1) is 21.5. The number of likely N-dealkylation sites (N-methyl/N-ethyl adjacent to an activating group) is 1. The highest BCUT2D eigenvalue weighted by atomic mass is 35.5. The number of piperidine rings is 1. The SMILES string of the molecule is CN(C)C(=O)C(CCN1CCC(O)(c2ccc(Cl)cc2)CC1)(c1ccccc1)c1ccccc1.C[Si](C)(C)O[Si](C)(C)C.O=[Si]=O. The predicted molar refractivity (Wildman–Crippen MR) is 193 cm³/mol. The van der Waals surface area contributed by atoms with E-state index in [4.69, 9.17) is 24.6 Å². The fraction of sp³-hybridized carbons (Fsp3) is 0.457. The highest BCUT2D eigenvalue weighted by molar-refractivity contribution is 6.83. The van der Waals surface area contributed by atoms with Gasteiger partial charge < -0.3 is 19.0 Å². The normalized spacial score (nSPS) is 14.9. The Morgan fingerprint density at radius 3 is 1.61 bits per heavy atom. The maximum absolute atomic E-state index is 13.8. The molecule has 250 valence electrons. The minimum atomic E-state index is -1.42. The van der Waals surface area contributed by atoms with Gasteiger partial charge in [0, 0.05) is 32.2 Å². The van der Waals surface area contributed by atoms with E-state index in [1.165, 1.54) is 0 Å². The molecule has 1 fully saturated rings. The van der Waals surface area contributed by atoms with Crippen molar-refractivity contribution in [3.05, 3.63) is 107 Å². The van der Waals surface area contributed by atoms with Crippen LogP contribution >= 0.6 is 11.6 Å². The van der Waals surface area contributed by atoms with Crippen LogP contribution in [0.15, 0.2) is 84.9 Å². The fourth-order valence-electron chi connectivity index (χ4n) is 6.08. The third-order valence-electron chi connectivity index (χ3n) is 7.78. The third-order valence-corrected chi connectivity index (χ3v) is 12.9. The number of hydrogen-bond acceptors (Lipinski definition) is 6. The average molecular weight is 700 g/mol. The number of carbonyl (C=O) groups is 1. The molecule has 1 amide bonds. The van der Waals surface area contributed by atoms with E-state index in [1.54, 1.807) is 4.90 Å². The molecule has 0 unspecified atom stereocenters. The van der Waals surface area contributed by atoms with E-state index in [9.17, 15) is 9.90 Å². The zero-order chi connectivity index (χ0) is 34.6. The van der Waals surface area contributed by atoms with Gasteiger partial charge in [-0.15, -0.1) is 0 Å². The maximum atomic E-state index is 13.8. The van der Waals surface area contributed by atoms with Crippen molar-refractivity contribution in [1.82, 2.24) is 9.80 Å². The standard InChI is InChI=1S/C29H33ClN2O2.C6H18OSi2.O2Si/c1-31(2)27(33)29(24-9-5-3-6-10-24,25-11-7-4-8-12-25)19-22-32-20-17-28(34,18-21-32)23-13-15-26(30)16-14-23;1-8(2,3)7-9(4,5)6;1-3-2/h3-16,34H,17-22H2,1-2H3;1-6H3;. The third kappa shape index (κ3) is 12.0. The maximum Gasteiger partial charge on any atom is 0.549 e. The number of hydrogen-bond donors (Lipinski definition) is 1. The minimum absolute atomic E-state index is 0.0829. The molecular formula is C35H51ClN2O5Si3. The predicted octanol–water partition coefficient (Wildman–Crippen LogP) is 7.14. The lowest BCUT2D eigenvalue weighted by molar-refractivity contribution is -0.133. The molecule has 0 aliphatic carbocycles. The van der Waals surface area contributed by atoms with Crippen LogP contribution in [0.4, 0.5) is 0 Å². The molecule has 0 bridgehead atoms. The Labute approximate surface area is 285 Å². The quantitative estimate of drug-likeness (QED) is 0.239. The lowest BCUT2D eigenvalue weighted by Crippen LogP contribution is -2.48. The Morgan fingerprint density at radius 1 is 0.848 bits per heavy atom. The molecule has 11 heteroatoms. The van der Waals surface area contributed by atoms with E-state index < -0.39 is 36.9 Å². The number of benzene rings is 3. The Kier molecular flexibility index (Phi) is 15.2. The summed E-state index contributed by atoms with van der Waals surface area (Å²) in [6.45, 7) is 15.8. The lowest BCUT2D eigenvalue weighted by Gasteiger charge is -2.41. The van der Waals surface area contributed by atoms with Crippen LogP contribution in [0.1, 0.15) is 36.0 Å². The Morgan fingerprint density at radius 2 is 1.26 bits per heavy atom. The monoisotopic (exact) mass is 698 g/mol. The largest absolute Gasteiger partial charge is 0.549 e. The van der Waals surface area contributed by atoms with Crippen LogP contribution in [0.2, 0.25) is 44.3 Å². The Balaban J connectivity index is 0.000000524. The summed E-state index contributed by atoms with van der Waals surface area (Å²) in [6, 6.07) is 27.7. The van der Waals surface area contributed by atoms with Crippen molar-refractivity contribution < 1.29 is 22.9 Å². The van der Waals surface area contributed by atoms with Crippen LogP contribution in [0, 0.1) is 0 Å². The molecule has 3 aromatic carbocycles. The van der Waals surface area contributed by atoms with E-state index in [0.29, 0.717) is 24.3 Å². The van der Waals surface area contributed by atoms with Gasteiger partial charge in [0.25, 0.3) is 0 Å². The summed E-state index contributed by atoms with van der Waals surface area (Å²) >= 11 is 6.03. The molecule has 1 aliphatic heterocycles. The van der Waals surface area contributed by atoms with Crippen molar-refractivity contribution in [1.29, 1.82) is 0 Å². The van der Waals surface area contributed by atoms with Crippen LogP contribution < -0.4 is 0 Å². The fourth-order valence-corrected chi connectivity index (χ4v) is 13.6. The van der Waals surface area contributed by atoms with Crippen LogP contribution in [0.5, 0.6) is 0 Å². The summed E-state index contributed by atoms with van der Waals surface area (Å²) in [4.78, 5) is 17.9. The molecule has 1 N–H and O–H groups in total. The summed E-state index contributed by atoms with van der Waals surface area (Å²) in [7, 11) is -0.220. The zero-order valence-corrected chi connectivity index (χ0v) is 32.4. The van der Waals surface area contributed by atoms with Crippen molar-refractivity contribution in [2.75, 3.05) is 33.7 Å². The first-order valence-corrected chi connectivity index (χ1v) is 23.7. The van der Waals surface area contributed by atoms with E-state index in [1.807, 2.05) is 74.8 Å². The minimum Gasteiger partial charge on any atom is -0.456 e. The van der Waals surface area contributed by atoms with E-state index in [0.717, 1.165) is 36.3 Å². The highest BCUT2D eigenvalue weighted by Crippen LogP contribution is 2.39. The van der Waals surface area contributed by atoms with Gasteiger partial charge in [0.15, 0.2) is 16.6 Å². The van der Waals surface area contributed by atoms with Gasteiger partial charge in [-0.3, -0.25) is 13.7 Å². The molecule has 7 nitrogen and oxygen atoms in total. The van der Waals surface area contributed by atoms with Gasteiger partial charge >= 0.3 is 9.29 Å². The van der Waals surface area contributed by atoms with Crippen LogP contribution in [-0.4, -0.2) is 80.5 Å². The molecule has 3 aromatic rings. The molecular weight excluding hydrogens is 648 g/mol. The van der Waals surface area contributed by atoms with Gasteiger partial charge in [0.2, 0.25) is 5.91 Å². The van der Waals surface area contributed by atoms with Gasteiger partial charge in [0.1, 0.15) is 5.41 Å². The Bertz CT molecular complexity index is 1330. The molecule has 1 saturated heterocycles. The number of nitrogens with zero attached hydrogens (tertiary/aromatic N) is 2. The van der Waals surface area contributed by atoms with Gasteiger partial charge in [-0.1, -0.05) is 84.4 Å². The van der Waals surface area contributed by atoms with Crippen molar-refractivity contribution in [3.63, 3.8) is 0 Å². The second kappa shape index (κ2) is 17.6. The second-order valence-electron chi connectivity index (χ2n) is 13.9. The molecule has 0 aromatic heterocycles. The van der Waals surface area contributed by atoms with Crippen molar-refractivity contribution in [3.8, 4) is 0 Å². The topological polar surface area (TPSA) is 87.2 Å². The number of rotatable bonds is 9. The first kappa shape index (κ1) is 39.7. The van der Waals surface area contributed by atoms with E-state index in [-0.39, 0.29) is 5.91 Å². The Hall–Kier alpha value is -2.45. The van der Waals surface area contributed by atoms with Crippen LogP contribution in [-0.2, 0) is 28.8 Å². The first-order valence-electron chi connectivity index (χ1n) is 15.7. The summed E-state index contributed by atoms with van der Waals surface area (Å²) in [5, 5.41) is 11.9. The second-order valence-corrected chi connectivity index (χ2v) is 23.7. The van der Waals surface area contributed by atoms with Gasteiger partial charge in [-0.05, 0) is 93.9 Å². The lowest BCUT2D eigenvalue weighted by atomic mass is 9.70. The number of amides is 1. The van der Waals surface area contributed by atoms with Gasteiger partial charge in [-0.2, -0.15) is 0 Å². The summed E-state index contributed by atoms with van der Waals surface area (Å²) in [5.74, 6) is 0.0829. The molecule has 0 atom stereocenters. The number of halogens is 1. The number of likely N-dealkylation sites (tertiary alicyclic amines) is 1. The smallest absolute Gasteiger partial charge is 0.456 e. The van der Waals surface area contributed by atoms with Crippen LogP contribution in [0.3, 0.4) is 0 Å². The van der Waals surface area contributed by atoms with Gasteiger partial charge in [-0.25, -0.2) is 0 Å².